The number of aromatic nitrogens is 2. The smallest absolute Gasteiger partial charge is 0.234 e. The molecule has 1 amide bonds. The number of nitriles is 1. The van der Waals surface area contributed by atoms with E-state index in [1.165, 1.54) is 0 Å². The summed E-state index contributed by atoms with van der Waals surface area (Å²) >= 11 is 0. The van der Waals surface area contributed by atoms with Crippen molar-refractivity contribution in [1.29, 1.82) is 5.26 Å². The van der Waals surface area contributed by atoms with Gasteiger partial charge in [-0.1, -0.05) is 0 Å². The van der Waals surface area contributed by atoms with Crippen LogP contribution >= 0.6 is 0 Å². The van der Waals surface area contributed by atoms with E-state index in [2.05, 4.69) is 15.3 Å². The van der Waals surface area contributed by atoms with Gasteiger partial charge in [-0.25, -0.2) is 4.98 Å². The highest BCUT2D eigenvalue weighted by atomic mass is 16.1. The van der Waals surface area contributed by atoms with Crippen LogP contribution in [-0.2, 0) is 11.2 Å². The molecule has 0 saturated heterocycles. The summed E-state index contributed by atoms with van der Waals surface area (Å²) in [6.07, 6.45) is 3.96. The van der Waals surface area contributed by atoms with Crippen LogP contribution in [0.4, 0.5) is 0 Å². The van der Waals surface area contributed by atoms with Gasteiger partial charge < -0.3 is 10.3 Å². The molecule has 5 heteroatoms. The van der Waals surface area contributed by atoms with E-state index in [0.29, 0.717) is 13.0 Å². The van der Waals surface area contributed by atoms with Gasteiger partial charge in [0.05, 0.1) is 18.1 Å². The lowest BCUT2D eigenvalue weighted by Gasteiger charge is -1.99. The van der Waals surface area contributed by atoms with Crippen LogP contribution in [0.3, 0.4) is 0 Å². The Morgan fingerprint density at radius 1 is 1.77 bits per heavy atom. The molecule has 13 heavy (non-hydrogen) atoms. The number of rotatable bonds is 4. The highest BCUT2D eigenvalue weighted by molar-refractivity contribution is 5.77. The van der Waals surface area contributed by atoms with Gasteiger partial charge in [-0.15, -0.1) is 0 Å². The standard InChI is InChI=1S/C8H10N4O/c9-3-1-8(13)11-4-2-7-5-10-6-12-7/h5-6H,1-2,4H2,(H,10,12)(H,11,13). The summed E-state index contributed by atoms with van der Waals surface area (Å²) in [5.74, 6) is -0.238. The van der Waals surface area contributed by atoms with E-state index in [9.17, 15) is 4.79 Å². The maximum atomic E-state index is 10.8. The molecule has 1 aromatic rings. The van der Waals surface area contributed by atoms with Crippen molar-refractivity contribution in [1.82, 2.24) is 15.3 Å². The first-order chi connectivity index (χ1) is 6.33. The normalized spacial score (nSPS) is 9.15. The fourth-order valence-electron chi connectivity index (χ4n) is 0.892. The van der Waals surface area contributed by atoms with Gasteiger partial charge in [-0.3, -0.25) is 4.79 Å². The highest BCUT2D eigenvalue weighted by Crippen LogP contribution is 1.90. The van der Waals surface area contributed by atoms with E-state index in [4.69, 9.17) is 5.26 Å². The zero-order valence-corrected chi connectivity index (χ0v) is 7.08. The van der Waals surface area contributed by atoms with Crippen molar-refractivity contribution in [3.8, 4) is 6.07 Å². The lowest BCUT2D eigenvalue weighted by atomic mass is 10.3. The Morgan fingerprint density at radius 2 is 2.62 bits per heavy atom. The zero-order valence-electron chi connectivity index (χ0n) is 7.08. The summed E-state index contributed by atoms with van der Waals surface area (Å²) in [5, 5.41) is 10.8. The van der Waals surface area contributed by atoms with Crippen molar-refractivity contribution in [2.24, 2.45) is 0 Å². The van der Waals surface area contributed by atoms with Gasteiger partial charge in [0.15, 0.2) is 0 Å². The van der Waals surface area contributed by atoms with Crippen molar-refractivity contribution < 1.29 is 4.79 Å². The monoisotopic (exact) mass is 178 g/mol. The number of carbonyl (C=O) groups is 1. The summed E-state index contributed by atoms with van der Waals surface area (Å²) in [4.78, 5) is 17.6. The first-order valence-electron chi connectivity index (χ1n) is 3.94. The maximum Gasteiger partial charge on any atom is 0.234 e. The number of aromatic amines is 1. The predicted molar refractivity (Wildman–Crippen MR) is 45.5 cm³/mol. The van der Waals surface area contributed by atoms with Crippen LogP contribution < -0.4 is 5.32 Å². The van der Waals surface area contributed by atoms with E-state index in [1.807, 2.05) is 0 Å². The van der Waals surface area contributed by atoms with Crippen LogP contribution in [0.25, 0.3) is 0 Å². The molecule has 1 heterocycles. The van der Waals surface area contributed by atoms with Crippen LogP contribution in [0, 0.1) is 11.3 Å². The van der Waals surface area contributed by atoms with Gasteiger partial charge >= 0.3 is 0 Å². The van der Waals surface area contributed by atoms with E-state index in [0.717, 1.165) is 5.69 Å². The van der Waals surface area contributed by atoms with Gasteiger partial charge in [0.2, 0.25) is 5.91 Å². The van der Waals surface area contributed by atoms with Crippen molar-refractivity contribution in [2.75, 3.05) is 6.54 Å². The third-order valence-electron chi connectivity index (χ3n) is 1.50. The molecule has 0 saturated carbocycles. The Balaban J connectivity index is 2.15. The molecule has 0 fully saturated rings. The minimum absolute atomic E-state index is 0.0828. The lowest BCUT2D eigenvalue weighted by molar-refractivity contribution is -0.120. The molecule has 0 unspecified atom stereocenters. The number of carbonyl (C=O) groups excluding carboxylic acids is 1. The fraction of sp³-hybridized carbons (Fsp3) is 0.375. The average molecular weight is 178 g/mol. The number of nitrogens with one attached hydrogen (secondary N) is 2. The molecule has 0 aliphatic rings. The Morgan fingerprint density at radius 3 is 3.23 bits per heavy atom. The molecular formula is C8H10N4O. The SMILES string of the molecule is N#CCC(=O)NCCc1c[nH]cn1. The highest BCUT2D eigenvalue weighted by Gasteiger charge is 1.99. The number of hydrogen-bond donors (Lipinski definition) is 2. The van der Waals surface area contributed by atoms with E-state index in [1.54, 1.807) is 18.6 Å². The topological polar surface area (TPSA) is 81.6 Å². The Bertz CT molecular complexity index is 298. The number of hydrogen-bond acceptors (Lipinski definition) is 3. The van der Waals surface area contributed by atoms with Gasteiger partial charge in [-0.2, -0.15) is 5.26 Å². The van der Waals surface area contributed by atoms with Gasteiger partial charge in [0.25, 0.3) is 0 Å². The van der Waals surface area contributed by atoms with Crippen LogP contribution in [0.2, 0.25) is 0 Å². The molecule has 0 spiro atoms. The molecule has 1 rings (SSSR count). The molecule has 0 bridgehead atoms. The Hall–Kier alpha value is -1.83. The first-order valence-corrected chi connectivity index (χ1v) is 3.94. The summed E-state index contributed by atoms with van der Waals surface area (Å²) < 4.78 is 0. The van der Waals surface area contributed by atoms with E-state index in [-0.39, 0.29) is 12.3 Å². The first kappa shape index (κ1) is 9.26. The number of amides is 1. The fourth-order valence-corrected chi connectivity index (χ4v) is 0.892. The second-order valence-corrected chi connectivity index (χ2v) is 2.50. The van der Waals surface area contributed by atoms with Crippen LogP contribution in [0.5, 0.6) is 0 Å². The minimum atomic E-state index is -0.238. The minimum Gasteiger partial charge on any atom is -0.355 e. The molecule has 2 N–H and O–H groups in total. The second kappa shape index (κ2) is 4.93. The molecule has 0 atom stereocenters. The van der Waals surface area contributed by atoms with Crippen LogP contribution in [-0.4, -0.2) is 22.4 Å². The molecule has 0 aliphatic carbocycles. The Kier molecular flexibility index (Phi) is 3.51. The largest absolute Gasteiger partial charge is 0.355 e. The molecule has 0 aliphatic heterocycles. The van der Waals surface area contributed by atoms with Gasteiger partial charge in [-0.05, 0) is 0 Å². The lowest BCUT2D eigenvalue weighted by Crippen LogP contribution is -2.24. The Labute approximate surface area is 75.8 Å². The average Bonchev–Trinajstić information content (AvgIpc) is 2.57. The maximum absolute atomic E-state index is 10.8. The third-order valence-corrected chi connectivity index (χ3v) is 1.50. The molecule has 0 radical (unpaired) electrons. The number of nitrogens with zero attached hydrogens (tertiary/aromatic N) is 2. The third kappa shape index (κ3) is 3.38. The van der Waals surface area contributed by atoms with Gasteiger partial charge in [0, 0.05) is 19.2 Å². The number of imidazole rings is 1. The van der Waals surface area contributed by atoms with Gasteiger partial charge in [0.1, 0.15) is 6.42 Å². The summed E-state index contributed by atoms with van der Waals surface area (Å²) in [6.45, 7) is 0.519. The second-order valence-electron chi connectivity index (χ2n) is 2.50. The summed E-state index contributed by atoms with van der Waals surface area (Å²) in [7, 11) is 0. The summed E-state index contributed by atoms with van der Waals surface area (Å²) in [5.41, 5.74) is 0.900. The van der Waals surface area contributed by atoms with Crippen LogP contribution in [0.15, 0.2) is 12.5 Å². The van der Waals surface area contributed by atoms with Crippen molar-refractivity contribution in [3.05, 3.63) is 18.2 Å². The molecule has 1 aromatic heterocycles. The van der Waals surface area contributed by atoms with Crippen molar-refractivity contribution in [3.63, 3.8) is 0 Å². The van der Waals surface area contributed by atoms with E-state index < -0.39 is 0 Å². The summed E-state index contributed by atoms with van der Waals surface area (Å²) in [6, 6.07) is 1.78. The van der Waals surface area contributed by atoms with Crippen molar-refractivity contribution in [2.45, 2.75) is 12.8 Å². The molecular weight excluding hydrogens is 168 g/mol. The molecule has 5 nitrogen and oxygen atoms in total. The van der Waals surface area contributed by atoms with E-state index >= 15 is 0 Å². The van der Waals surface area contributed by atoms with Crippen LogP contribution in [0.1, 0.15) is 12.1 Å². The predicted octanol–water partition coefficient (Wildman–Crippen LogP) is -0.0179. The zero-order chi connectivity index (χ0) is 9.52. The van der Waals surface area contributed by atoms with Crippen molar-refractivity contribution >= 4 is 5.91 Å². The number of H-pyrrole nitrogens is 1. The molecule has 0 aromatic carbocycles. The quantitative estimate of drug-likeness (QED) is 0.679. The molecule has 68 valence electrons.